The number of carboxylic acid groups (broad SMARTS) is 1. The fourth-order valence-electron chi connectivity index (χ4n) is 3.02. The number of furan rings is 1. The van der Waals surface area contributed by atoms with Gasteiger partial charge in [0.1, 0.15) is 17.4 Å². The number of carboxylic acids is 1. The summed E-state index contributed by atoms with van der Waals surface area (Å²) in [6, 6.07) is 8.98. The number of benzene rings is 1. The summed E-state index contributed by atoms with van der Waals surface area (Å²) in [6.45, 7) is 0.538. The van der Waals surface area contributed by atoms with Crippen molar-refractivity contribution in [1.29, 1.82) is 0 Å². The molecular weight excluding hydrogens is 282 g/mol. The highest BCUT2D eigenvalue weighted by Gasteiger charge is 2.31. The maximum Gasteiger partial charge on any atom is 0.326 e. The predicted octanol–water partition coefficient (Wildman–Crippen LogP) is 2.83. The Balaban J connectivity index is 1.64. The van der Waals surface area contributed by atoms with Crippen LogP contribution in [0.4, 0.5) is 0 Å². The molecule has 1 fully saturated rings. The third-order valence-electron chi connectivity index (χ3n) is 4.17. The molecule has 1 aliphatic heterocycles. The molecule has 2 aromatic rings. The van der Waals surface area contributed by atoms with Crippen molar-refractivity contribution < 1.29 is 19.1 Å². The van der Waals surface area contributed by atoms with Gasteiger partial charge in [0.15, 0.2) is 0 Å². The average Bonchev–Trinajstić information content (AvgIpc) is 2.95. The van der Waals surface area contributed by atoms with Crippen molar-refractivity contribution in [3.05, 3.63) is 36.1 Å². The normalized spacial score (nSPS) is 18.5. The van der Waals surface area contributed by atoms with Gasteiger partial charge in [-0.25, -0.2) is 4.79 Å². The summed E-state index contributed by atoms with van der Waals surface area (Å²) >= 11 is 0. The second-order valence-electron chi connectivity index (χ2n) is 5.69. The lowest BCUT2D eigenvalue weighted by Crippen LogP contribution is -2.48. The zero-order chi connectivity index (χ0) is 15.5. The van der Waals surface area contributed by atoms with Crippen molar-refractivity contribution in [1.82, 2.24) is 4.90 Å². The van der Waals surface area contributed by atoms with E-state index in [1.807, 2.05) is 30.3 Å². The van der Waals surface area contributed by atoms with Crippen LogP contribution in [-0.4, -0.2) is 34.5 Å². The Morgan fingerprint density at radius 2 is 2.09 bits per heavy atom. The first-order valence-corrected chi connectivity index (χ1v) is 7.65. The Morgan fingerprint density at radius 3 is 2.86 bits per heavy atom. The van der Waals surface area contributed by atoms with Gasteiger partial charge >= 0.3 is 5.97 Å². The number of aryl methyl sites for hydroxylation is 1. The van der Waals surface area contributed by atoms with E-state index in [2.05, 4.69) is 0 Å². The number of piperidine rings is 1. The van der Waals surface area contributed by atoms with E-state index in [9.17, 15) is 14.7 Å². The van der Waals surface area contributed by atoms with E-state index in [-0.39, 0.29) is 12.3 Å². The predicted molar refractivity (Wildman–Crippen MR) is 81.5 cm³/mol. The van der Waals surface area contributed by atoms with E-state index < -0.39 is 12.0 Å². The largest absolute Gasteiger partial charge is 0.480 e. The molecule has 0 saturated carbocycles. The van der Waals surface area contributed by atoms with Crippen LogP contribution < -0.4 is 0 Å². The third-order valence-corrected chi connectivity index (χ3v) is 4.17. The molecule has 2 heterocycles. The Hall–Kier alpha value is -2.30. The number of para-hydroxylation sites is 1. The van der Waals surface area contributed by atoms with Crippen LogP contribution >= 0.6 is 0 Å². The number of rotatable bonds is 4. The van der Waals surface area contributed by atoms with Crippen molar-refractivity contribution in [3.63, 3.8) is 0 Å². The SMILES string of the molecule is O=C(O)C1CCCCN1C(=O)CCc1cc2ccccc2o1. The molecule has 0 aliphatic carbocycles. The number of carbonyl (C=O) groups is 2. The molecule has 1 saturated heterocycles. The molecule has 1 aliphatic rings. The van der Waals surface area contributed by atoms with Crippen molar-refractivity contribution in [3.8, 4) is 0 Å². The molecule has 1 unspecified atom stereocenters. The van der Waals surface area contributed by atoms with Gasteiger partial charge in [-0.1, -0.05) is 18.2 Å². The van der Waals surface area contributed by atoms with Gasteiger partial charge in [0.25, 0.3) is 0 Å². The lowest BCUT2D eigenvalue weighted by molar-refractivity contribution is -0.152. The molecule has 0 radical (unpaired) electrons. The molecule has 5 nitrogen and oxygen atoms in total. The van der Waals surface area contributed by atoms with Crippen LogP contribution in [0.25, 0.3) is 11.0 Å². The van der Waals surface area contributed by atoms with Crippen molar-refractivity contribution in [2.45, 2.75) is 38.1 Å². The Morgan fingerprint density at radius 1 is 1.27 bits per heavy atom. The first kappa shape index (κ1) is 14.6. The number of carbonyl (C=O) groups excluding carboxylic acids is 1. The number of fused-ring (bicyclic) bond motifs is 1. The monoisotopic (exact) mass is 301 g/mol. The molecule has 0 spiro atoms. The highest BCUT2D eigenvalue weighted by atomic mass is 16.4. The van der Waals surface area contributed by atoms with Crippen LogP contribution in [0.1, 0.15) is 31.4 Å². The second-order valence-corrected chi connectivity index (χ2v) is 5.69. The van der Waals surface area contributed by atoms with Gasteiger partial charge in [-0.2, -0.15) is 0 Å². The van der Waals surface area contributed by atoms with Crippen LogP contribution in [0.15, 0.2) is 34.7 Å². The highest BCUT2D eigenvalue weighted by molar-refractivity contribution is 5.84. The number of nitrogens with zero attached hydrogens (tertiary/aromatic N) is 1. The van der Waals surface area contributed by atoms with E-state index in [4.69, 9.17) is 4.42 Å². The lowest BCUT2D eigenvalue weighted by atomic mass is 10.0. The van der Waals surface area contributed by atoms with Gasteiger partial charge in [0.2, 0.25) is 5.91 Å². The summed E-state index contributed by atoms with van der Waals surface area (Å²) in [6.07, 6.45) is 3.07. The van der Waals surface area contributed by atoms with Gasteiger partial charge in [-0.15, -0.1) is 0 Å². The molecule has 1 aromatic carbocycles. The molecule has 116 valence electrons. The van der Waals surface area contributed by atoms with Crippen LogP contribution in [0, 0.1) is 0 Å². The molecule has 5 heteroatoms. The third kappa shape index (κ3) is 2.98. The van der Waals surface area contributed by atoms with Crippen molar-refractivity contribution in [2.75, 3.05) is 6.54 Å². The molecule has 1 atom stereocenters. The summed E-state index contributed by atoms with van der Waals surface area (Å²) in [5.74, 6) is -0.247. The minimum absolute atomic E-state index is 0.104. The smallest absolute Gasteiger partial charge is 0.326 e. The zero-order valence-corrected chi connectivity index (χ0v) is 12.3. The minimum Gasteiger partial charge on any atom is -0.480 e. The molecule has 1 N–H and O–H groups in total. The van der Waals surface area contributed by atoms with Gasteiger partial charge in [-0.3, -0.25) is 4.79 Å². The number of hydrogen-bond donors (Lipinski definition) is 1. The number of hydrogen-bond acceptors (Lipinski definition) is 3. The average molecular weight is 301 g/mol. The van der Waals surface area contributed by atoms with Crippen LogP contribution in [0.5, 0.6) is 0 Å². The molecule has 22 heavy (non-hydrogen) atoms. The summed E-state index contributed by atoms with van der Waals surface area (Å²) in [5.41, 5.74) is 0.811. The highest BCUT2D eigenvalue weighted by Crippen LogP contribution is 2.22. The number of likely N-dealkylation sites (tertiary alicyclic amines) is 1. The van der Waals surface area contributed by atoms with Crippen LogP contribution in [0.2, 0.25) is 0 Å². The first-order chi connectivity index (χ1) is 10.6. The van der Waals surface area contributed by atoms with E-state index >= 15 is 0 Å². The second kappa shape index (κ2) is 6.22. The van der Waals surface area contributed by atoms with E-state index in [1.165, 1.54) is 4.90 Å². The zero-order valence-electron chi connectivity index (χ0n) is 12.3. The van der Waals surface area contributed by atoms with Gasteiger partial charge < -0.3 is 14.4 Å². The summed E-state index contributed by atoms with van der Waals surface area (Å²) in [5, 5.41) is 10.2. The summed E-state index contributed by atoms with van der Waals surface area (Å²) < 4.78 is 5.69. The number of amides is 1. The molecule has 1 amide bonds. The minimum atomic E-state index is -0.906. The van der Waals surface area contributed by atoms with Crippen LogP contribution in [0.3, 0.4) is 0 Å². The Labute approximate surface area is 128 Å². The Kier molecular flexibility index (Phi) is 4.13. The Bertz CT molecular complexity index is 658. The van der Waals surface area contributed by atoms with Crippen molar-refractivity contribution >= 4 is 22.8 Å². The van der Waals surface area contributed by atoms with E-state index in [1.54, 1.807) is 0 Å². The standard InChI is InChI=1S/C17H19NO4/c19-16(18-10-4-3-6-14(18)17(20)21)9-8-13-11-12-5-1-2-7-15(12)22-13/h1-2,5,7,11,14H,3-4,6,8-10H2,(H,20,21). The topological polar surface area (TPSA) is 70.8 Å². The first-order valence-electron chi connectivity index (χ1n) is 7.65. The van der Waals surface area contributed by atoms with Gasteiger partial charge in [0, 0.05) is 24.8 Å². The summed E-state index contributed by atoms with van der Waals surface area (Å²) in [7, 11) is 0. The maximum atomic E-state index is 12.3. The lowest BCUT2D eigenvalue weighted by Gasteiger charge is -2.33. The van der Waals surface area contributed by atoms with Crippen molar-refractivity contribution in [2.24, 2.45) is 0 Å². The molecule has 0 bridgehead atoms. The van der Waals surface area contributed by atoms with Crippen LogP contribution in [-0.2, 0) is 16.0 Å². The number of aliphatic carboxylic acids is 1. The fraction of sp³-hybridized carbons (Fsp3) is 0.412. The van der Waals surface area contributed by atoms with E-state index in [0.29, 0.717) is 19.4 Å². The van der Waals surface area contributed by atoms with Gasteiger partial charge in [-0.05, 0) is 31.4 Å². The fourth-order valence-corrected chi connectivity index (χ4v) is 3.02. The molecular formula is C17H19NO4. The van der Waals surface area contributed by atoms with E-state index in [0.717, 1.165) is 29.6 Å². The maximum absolute atomic E-state index is 12.3. The molecule has 1 aromatic heterocycles. The molecule has 3 rings (SSSR count). The van der Waals surface area contributed by atoms with Gasteiger partial charge in [0.05, 0.1) is 0 Å². The quantitative estimate of drug-likeness (QED) is 0.942. The summed E-state index contributed by atoms with van der Waals surface area (Å²) in [4.78, 5) is 25.1.